The van der Waals surface area contributed by atoms with Gasteiger partial charge >= 0.3 is 5.97 Å². The van der Waals surface area contributed by atoms with Crippen molar-refractivity contribution in [2.24, 2.45) is 0 Å². The molecule has 0 aliphatic carbocycles. The highest BCUT2D eigenvalue weighted by atomic mass is 79.9. The smallest absolute Gasteiger partial charge is 0.320 e. The third-order valence-corrected chi connectivity index (χ3v) is 3.70. The number of halogens is 1. The Morgan fingerprint density at radius 2 is 2.21 bits per heavy atom. The number of rotatable bonds is 4. The van der Waals surface area contributed by atoms with Gasteiger partial charge in [-0.1, -0.05) is 0 Å². The van der Waals surface area contributed by atoms with Gasteiger partial charge in [-0.2, -0.15) is 0 Å². The molecule has 14 heavy (non-hydrogen) atoms. The lowest BCUT2D eigenvalue weighted by Crippen LogP contribution is -2.35. The minimum absolute atomic E-state index is 0.0670. The molecule has 2 unspecified atom stereocenters. The molecular weight excluding hydrogens is 266 g/mol. The lowest BCUT2D eigenvalue weighted by Gasteiger charge is -2.15. The lowest BCUT2D eigenvalue weighted by molar-refractivity contribution is -0.139. The number of carboxylic acid groups (broad SMARTS) is 1. The molecule has 0 radical (unpaired) electrons. The van der Waals surface area contributed by atoms with Gasteiger partial charge in [0.05, 0.1) is 3.79 Å². The van der Waals surface area contributed by atoms with Crippen LogP contribution in [-0.2, 0) is 4.79 Å². The predicted octanol–water partition coefficient (Wildman–Crippen LogP) is 2.63. The minimum Gasteiger partial charge on any atom is -0.480 e. The van der Waals surface area contributed by atoms with Gasteiger partial charge in [-0.05, 0) is 41.9 Å². The Hall–Kier alpha value is -0.390. The average Bonchev–Trinajstić information content (AvgIpc) is 2.51. The molecule has 1 aromatic rings. The molecule has 0 bridgehead atoms. The van der Waals surface area contributed by atoms with Crippen LogP contribution in [-0.4, -0.2) is 17.1 Å². The van der Waals surface area contributed by atoms with Gasteiger partial charge in [-0.15, -0.1) is 11.3 Å². The summed E-state index contributed by atoms with van der Waals surface area (Å²) in [6, 6.07) is 3.49. The van der Waals surface area contributed by atoms with Gasteiger partial charge < -0.3 is 5.11 Å². The summed E-state index contributed by atoms with van der Waals surface area (Å²) < 4.78 is 1.06. The topological polar surface area (TPSA) is 49.3 Å². The zero-order valence-corrected chi connectivity index (χ0v) is 10.4. The van der Waals surface area contributed by atoms with Crippen LogP contribution < -0.4 is 5.32 Å². The van der Waals surface area contributed by atoms with Crippen LogP contribution in [0.5, 0.6) is 0 Å². The zero-order valence-electron chi connectivity index (χ0n) is 7.95. The quantitative estimate of drug-likeness (QED) is 0.890. The summed E-state index contributed by atoms with van der Waals surface area (Å²) >= 11 is 4.98. The molecule has 5 heteroatoms. The van der Waals surface area contributed by atoms with E-state index in [1.165, 1.54) is 0 Å². The van der Waals surface area contributed by atoms with Crippen molar-refractivity contribution < 1.29 is 9.90 Å². The van der Waals surface area contributed by atoms with Gasteiger partial charge in [0.25, 0.3) is 0 Å². The van der Waals surface area contributed by atoms with Gasteiger partial charge in [-0.3, -0.25) is 10.1 Å². The third kappa shape index (κ3) is 3.08. The lowest BCUT2D eigenvalue weighted by atomic mass is 10.2. The van der Waals surface area contributed by atoms with Crippen molar-refractivity contribution in [3.63, 3.8) is 0 Å². The summed E-state index contributed by atoms with van der Waals surface area (Å²) in [6.07, 6.45) is 0. The Balaban J connectivity index is 2.58. The van der Waals surface area contributed by atoms with Gasteiger partial charge in [-0.25, -0.2) is 0 Å². The summed E-state index contributed by atoms with van der Waals surface area (Å²) in [5.74, 6) is -0.826. The van der Waals surface area contributed by atoms with E-state index in [1.54, 1.807) is 18.3 Å². The van der Waals surface area contributed by atoms with Crippen molar-refractivity contribution in [1.82, 2.24) is 5.32 Å². The van der Waals surface area contributed by atoms with E-state index < -0.39 is 12.0 Å². The molecule has 1 rings (SSSR count). The first-order chi connectivity index (χ1) is 6.50. The van der Waals surface area contributed by atoms with E-state index in [9.17, 15) is 4.79 Å². The van der Waals surface area contributed by atoms with Crippen LogP contribution in [0.3, 0.4) is 0 Å². The maximum atomic E-state index is 10.6. The monoisotopic (exact) mass is 277 g/mol. The van der Waals surface area contributed by atoms with E-state index in [0.717, 1.165) is 8.66 Å². The molecule has 0 spiro atoms. The first-order valence-electron chi connectivity index (χ1n) is 4.25. The van der Waals surface area contributed by atoms with Crippen LogP contribution in [0.1, 0.15) is 24.8 Å². The van der Waals surface area contributed by atoms with Crippen molar-refractivity contribution in [3.8, 4) is 0 Å². The average molecular weight is 278 g/mol. The first-order valence-corrected chi connectivity index (χ1v) is 5.85. The van der Waals surface area contributed by atoms with Crippen molar-refractivity contribution >= 4 is 33.2 Å². The van der Waals surface area contributed by atoms with Crippen LogP contribution in [0, 0.1) is 0 Å². The number of carbonyl (C=O) groups is 1. The number of hydrogen-bond acceptors (Lipinski definition) is 3. The molecule has 0 saturated carbocycles. The fourth-order valence-electron chi connectivity index (χ4n) is 1.09. The molecule has 1 heterocycles. The predicted molar refractivity (Wildman–Crippen MR) is 60.7 cm³/mol. The molecule has 78 valence electrons. The molecule has 0 aliphatic rings. The van der Waals surface area contributed by atoms with Gasteiger partial charge in [0.15, 0.2) is 0 Å². The maximum absolute atomic E-state index is 10.6. The second-order valence-electron chi connectivity index (χ2n) is 3.09. The fourth-order valence-corrected chi connectivity index (χ4v) is 2.52. The Morgan fingerprint density at radius 3 is 2.64 bits per heavy atom. The van der Waals surface area contributed by atoms with Crippen molar-refractivity contribution in [3.05, 3.63) is 20.8 Å². The molecule has 2 N–H and O–H groups in total. The summed E-state index contributed by atoms with van der Waals surface area (Å²) in [6.45, 7) is 3.60. The fraction of sp³-hybridized carbons (Fsp3) is 0.444. The van der Waals surface area contributed by atoms with Crippen molar-refractivity contribution in [2.45, 2.75) is 25.9 Å². The van der Waals surface area contributed by atoms with Gasteiger partial charge in [0, 0.05) is 10.9 Å². The van der Waals surface area contributed by atoms with Crippen LogP contribution in [0.15, 0.2) is 15.9 Å². The number of nitrogens with one attached hydrogen (secondary N) is 1. The molecule has 0 fully saturated rings. The molecule has 0 aromatic carbocycles. The maximum Gasteiger partial charge on any atom is 0.320 e. The second kappa shape index (κ2) is 4.91. The van der Waals surface area contributed by atoms with E-state index in [1.807, 2.05) is 19.1 Å². The standard InChI is InChI=1S/C9H12BrNO2S/c1-5(11-6(2)9(12)13)7-3-4-8(10)14-7/h3-6,11H,1-2H3,(H,12,13). The summed E-state index contributed by atoms with van der Waals surface area (Å²) in [5.41, 5.74) is 0. The van der Waals surface area contributed by atoms with E-state index in [2.05, 4.69) is 21.2 Å². The van der Waals surface area contributed by atoms with Crippen LogP contribution in [0.2, 0.25) is 0 Å². The molecule has 0 saturated heterocycles. The van der Waals surface area contributed by atoms with Crippen LogP contribution in [0.25, 0.3) is 0 Å². The van der Waals surface area contributed by atoms with Crippen LogP contribution >= 0.6 is 27.3 Å². The molecular formula is C9H12BrNO2S. The number of hydrogen-bond donors (Lipinski definition) is 2. The summed E-state index contributed by atoms with van der Waals surface area (Å²) in [7, 11) is 0. The normalized spacial score (nSPS) is 15.1. The number of thiophene rings is 1. The first kappa shape index (κ1) is 11.7. The zero-order chi connectivity index (χ0) is 10.7. The van der Waals surface area contributed by atoms with Crippen LogP contribution in [0.4, 0.5) is 0 Å². The van der Waals surface area contributed by atoms with E-state index in [-0.39, 0.29) is 6.04 Å². The second-order valence-corrected chi connectivity index (χ2v) is 5.58. The Labute approximate surface area is 95.3 Å². The Morgan fingerprint density at radius 1 is 1.57 bits per heavy atom. The number of aliphatic carboxylic acids is 1. The Bertz CT molecular complexity index is 326. The van der Waals surface area contributed by atoms with Crippen molar-refractivity contribution in [1.29, 1.82) is 0 Å². The molecule has 1 aromatic heterocycles. The van der Waals surface area contributed by atoms with Crippen molar-refractivity contribution in [2.75, 3.05) is 0 Å². The van der Waals surface area contributed by atoms with Gasteiger partial charge in [0.2, 0.25) is 0 Å². The Kier molecular flexibility index (Phi) is 4.10. The van der Waals surface area contributed by atoms with E-state index in [4.69, 9.17) is 5.11 Å². The largest absolute Gasteiger partial charge is 0.480 e. The SMILES string of the molecule is CC(NC(C)c1ccc(Br)s1)C(=O)O. The summed E-state index contributed by atoms with van der Waals surface area (Å²) in [5, 5.41) is 11.7. The molecule has 0 aliphatic heterocycles. The van der Waals surface area contributed by atoms with Gasteiger partial charge in [0.1, 0.15) is 6.04 Å². The molecule has 0 amide bonds. The van der Waals surface area contributed by atoms with E-state index >= 15 is 0 Å². The highest BCUT2D eigenvalue weighted by Gasteiger charge is 2.15. The highest BCUT2D eigenvalue weighted by Crippen LogP contribution is 2.27. The highest BCUT2D eigenvalue weighted by molar-refractivity contribution is 9.11. The molecule has 3 nitrogen and oxygen atoms in total. The van der Waals surface area contributed by atoms with E-state index in [0.29, 0.717) is 0 Å². The third-order valence-electron chi connectivity index (χ3n) is 1.89. The molecule has 2 atom stereocenters. The minimum atomic E-state index is -0.826. The summed E-state index contributed by atoms with van der Waals surface area (Å²) in [4.78, 5) is 11.7. The number of carboxylic acids is 1.